The van der Waals surface area contributed by atoms with Crippen molar-refractivity contribution in [1.82, 2.24) is 4.90 Å². The van der Waals surface area contributed by atoms with Gasteiger partial charge < -0.3 is 16.0 Å². The Morgan fingerprint density at radius 3 is 2.50 bits per heavy atom. The maximum atomic E-state index is 12.3. The van der Waals surface area contributed by atoms with Gasteiger partial charge in [0.15, 0.2) is 0 Å². The van der Waals surface area contributed by atoms with E-state index in [1.165, 1.54) is 11.6 Å². The van der Waals surface area contributed by atoms with Crippen LogP contribution in [0.4, 0.5) is 11.4 Å². The van der Waals surface area contributed by atoms with Gasteiger partial charge in [0.05, 0.1) is 4.92 Å². The second-order valence-corrected chi connectivity index (χ2v) is 6.84. The summed E-state index contributed by atoms with van der Waals surface area (Å²) in [5.74, 6) is 0.511. The third-order valence-electron chi connectivity index (χ3n) is 5.08. The summed E-state index contributed by atoms with van der Waals surface area (Å²) in [6, 6.07) is 16.5. The number of carbonyl (C=O) groups excluding carboxylic acids is 1. The molecule has 150 valence electrons. The second kappa shape index (κ2) is 10.2. The first-order chi connectivity index (χ1) is 13.1. The molecule has 28 heavy (non-hydrogen) atoms. The van der Waals surface area contributed by atoms with Crippen molar-refractivity contribution in [2.75, 3.05) is 31.5 Å². The number of hydrogen-bond donors (Lipinski definition) is 2. The molecule has 0 unspecified atom stereocenters. The van der Waals surface area contributed by atoms with Gasteiger partial charge in [-0.05, 0) is 24.1 Å². The lowest BCUT2D eigenvalue weighted by molar-refractivity contribution is -0.383. The molecule has 1 heterocycles. The smallest absolute Gasteiger partial charge is 0.292 e. The number of carbonyl (C=O) groups is 1. The van der Waals surface area contributed by atoms with Crippen LogP contribution in [-0.4, -0.2) is 41.9 Å². The highest BCUT2D eigenvalue weighted by Crippen LogP contribution is 2.32. The van der Waals surface area contributed by atoms with Gasteiger partial charge in [0.2, 0.25) is 5.91 Å². The number of anilines is 1. The van der Waals surface area contributed by atoms with E-state index in [2.05, 4.69) is 22.3 Å². The van der Waals surface area contributed by atoms with Crippen LogP contribution in [0.1, 0.15) is 17.9 Å². The van der Waals surface area contributed by atoms with Crippen molar-refractivity contribution in [2.45, 2.75) is 12.3 Å². The lowest BCUT2D eigenvalue weighted by atomic mass is 9.89. The molecule has 0 bridgehead atoms. The van der Waals surface area contributed by atoms with Crippen molar-refractivity contribution < 1.29 is 9.72 Å². The summed E-state index contributed by atoms with van der Waals surface area (Å²) < 4.78 is 0. The Morgan fingerprint density at radius 2 is 1.82 bits per heavy atom. The van der Waals surface area contributed by atoms with Crippen LogP contribution < -0.4 is 11.1 Å². The molecule has 0 aliphatic carbocycles. The predicted molar refractivity (Wildman–Crippen MR) is 112 cm³/mol. The van der Waals surface area contributed by atoms with Crippen molar-refractivity contribution in [3.8, 4) is 0 Å². The number of halogens is 1. The zero-order valence-corrected chi connectivity index (χ0v) is 16.3. The van der Waals surface area contributed by atoms with Crippen molar-refractivity contribution in [3.63, 3.8) is 0 Å². The number of nitrogens with one attached hydrogen (secondary N) is 1. The quantitative estimate of drug-likeness (QED) is 0.545. The fourth-order valence-corrected chi connectivity index (χ4v) is 3.67. The maximum Gasteiger partial charge on any atom is 0.292 e. The maximum absolute atomic E-state index is 12.3. The molecule has 1 amide bonds. The fraction of sp³-hybridized carbons (Fsp3) is 0.350. The van der Waals surface area contributed by atoms with E-state index in [9.17, 15) is 14.9 Å². The van der Waals surface area contributed by atoms with Crippen LogP contribution in [0.3, 0.4) is 0 Å². The third kappa shape index (κ3) is 5.28. The lowest BCUT2D eigenvalue weighted by Gasteiger charge is -2.16. The number of nitro benzene ring substituents is 1. The Morgan fingerprint density at radius 1 is 1.14 bits per heavy atom. The SMILES string of the molecule is Cl.NC[C@@H]1CN(CCC(=O)Nc2ccccc2[N+](=O)[O-])C[C@H]1c1ccccc1. The van der Waals surface area contributed by atoms with Gasteiger partial charge in [0.1, 0.15) is 5.69 Å². The van der Waals surface area contributed by atoms with Gasteiger partial charge in [-0.25, -0.2) is 0 Å². The minimum Gasteiger partial charge on any atom is -0.330 e. The van der Waals surface area contributed by atoms with Crippen molar-refractivity contribution in [2.24, 2.45) is 11.7 Å². The van der Waals surface area contributed by atoms with Gasteiger partial charge in [-0.3, -0.25) is 14.9 Å². The lowest BCUT2D eigenvalue weighted by Crippen LogP contribution is -2.27. The monoisotopic (exact) mass is 404 g/mol. The molecule has 2 aromatic carbocycles. The molecule has 3 rings (SSSR count). The van der Waals surface area contributed by atoms with Crippen LogP contribution >= 0.6 is 12.4 Å². The Kier molecular flexibility index (Phi) is 7.92. The third-order valence-corrected chi connectivity index (χ3v) is 5.08. The largest absolute Gasteiger partial charge is 0.330 e. The number of rotatable bonds is 7. The van der Waals surface area contributed by atoms with Crippen LogP contribution in [0.2, 0.25) is 0 Å². The highest BCUT2D eigenvalue weighted by molar-refractivity contribution is 5.93. The number of nitrogens with zero attached hydrogens (tertiary/aromatic N) is 2. The molecular weight excluding hydrogens is 380 g/mol. The number of amides is 1. The van der Waals surface area contributed by atoms with E-state index in [1.54, 1.807) is 18.2 Å². The molecule has 8 heteroatoms. The summed E-state index contributed by atoms with van der Waals surface area (Å²) in [6.45, 7) is 2.93. The summed E-state index contributed by atoms with van der Waals surface area (Å²) in [7, 11) is 0. The van der Waals surface area contributed by atoms with Crippen molar-refractivity contribution in [1.29, 1.82) is 0 Å². The molecule has 0 aromatic heterocycles. The van der Waals surface area contributed by atoms with E-state index >= 15 is 0 Å². The minimum atomic E-state index is -0.494. The zero-order valence-electron chi connectivity index (χ0n) is 15.5. The summed E-state index contributed by atoms with van der Waals surface area (Å²) in [5.41, 5.74) is 7.37. The van der Waals surface area contributed by atoms with E-state index in [4.69, 9.17) is 5.73 Å². The molecule has 0 spiro atoms. The standard InChI is InChI=1S/C20H24N4O3.ClH/c21-12-16-13-23(14-17(16)15-6-2-1-3-7-15)11-10-20(25)22-18-8-4-5-9-19(18)24(26)27;/h1-9,16-17H,10-14,21H2,(H,22,25);1H/t16-,17+;/m1./s1. The molecular formula is C20H25ClN4O3. The summed E-state index contributed by atoms with van der Waals surface area (Å²) in [4.78, 5) is 25.1. The van der Waals surface area contributed by atoms with Crippen molar-refractivity contribution in [3.05, 3.63) is 70.3 Å². The van der Waals surface area contributed by atoms with Crippen molar-refractivity contribution >= 4 is 29.7 Å². The molecule has 0 radical (unpaired) electrons. The predicted octanol–water partition coefficient (Wildman–Crippen LogP) is 3.02. The number of likely N-dealkylation sites (tertiary alicyclic amines) is 1. The molecule has 1 saturated heterocycles. The van der Waals surface area contributed by atoms with Crippen LogP contribution in [0, 0.1) is 16.0 Å². The Labute approximate surface area is 170 Å². The van der Waals surface area contributed by atoms with E-state index in [0.29, 0.717) is 24.9 Å². The molecule has 7 nitrogen and oxygen atoms in total. The molecule has 1 fully saturated rings. The van der Waals surface area contributed by atoms with E-state index in [0.717, 1.165) is 13.1 Å². The highest BCUT2D eigenvalue weighted by atomic mass is 35.5. The number of nitrogens with two attached hydrogens (primary N) is 1. The number of benzene rings is 2. The Hall–Kier alpha value is -2.48. The topological polar surface area (TPSA) is 102 Å². The second-order valence-electron chi connectivity index (χ2n) is 6.84. The number of nitro groups is 1. The van der Waals surface area contributed by atoms with Crippen LogP contribution in [-0.2, 0) is 4.79 Å². The number of hydrogen-bond acceptors (Lipinski definition) is 5. The van der Waals surface area contributed by atoms with Gasteiger partial charge in [-0.15, -0.1) is 12.4 Å². The minimum absolute atomic E-state index is 0. The molecule has 2 atom stereocenters. The first-order valence-electron chi connectivity index (χ1n) is 9.09. The van der Waals surface area contributed by atoms with Crippen LogP contribution in [0.5, 0.6) is 0 Å². The molecule has 0 saturated carbocycles. The van der Waals surface area contributed by atoms with Gasteiger partial charge >= 0.3 is 0 Å². The fourth-order valence-electron chi connectivity index (χ4n) is 3.67. The molecule has 2 aromatic rings. The van der Waals surface area contributed by atoms with E-state index < -0.39 is 4.92 Å². The molecule has 3 N–H and O–H groups in total. The highest BCUT2D eigenvalue weighted by Gasteiger charge is 2.32. The Bertz CT molecular complexity index is 803. The van der Waals surface area contributed by atoms with Gasteiger partial charge in [-0.2, -0.15) is 0 Å². The van der Waals surface area contributed by atoms with Gasteiger partial charge in [-0.1, -0.05) is 42.5 Å². The number of para-hydroxylation sites is 2. The Balaban J connectivity index is 0.00000280. The summed E-state index contributed by atoms with van der Waals surface area (Å²) >= 11 is 0. The summed E-state index contributed by atoms with van der Waals surface area (Å²) in [6.07, 6.45) is 0.283. The van der Waals surface area contributed by atoms with Gasteiger partial charge in [0, 0.05) is 38.0 Å². The average molecular weight is 405 g/mol. The first kappa shape index (κ1) is 21.8. The summed E-state index contributed by atoms with van der Waals surface area (Å²) in [5, 5.41) is 13.7. The van der Waals surface area contributed by atoms with Crippen LogP contribution in [0.15, 0.2) is 54.6 Å². The van der Waals surface area contributed by atoms with Gasteiger partial charge in [0.25, 0.3) is 5.69 Å². The van der Waals surface area contributed by atoms with E-state index in [-0.39, 0.29) is 36.1 Å². The van der Waals surface area contributed by atoms with E-state index in [1.807, 2.05) is 18.2 Å². The molecule has 1 aliphatic rings. The normalized spacial score (nSPS) is 19.0. The first-order valence-corrected chi connectivity index (χ1v) is 9.09. The van der Waals surface area contributed by atoms with Crippen LogP contribution in [0.25, 0.3) is 0 Å². The zero-order chi connectivity index (χ0) is 19.2. The average Bonchev–Trinajstić information content (AvgIpc) is 3.11. The molecule has 1 aliphatic heterocycles.